The molecule has 25 heavy (non-hydrogen) atoms. The minimum atomic E-state index is 0.297. The van der Waals surface area contributed by atoms with E-state index in [-0.39, 0.29) is 0 Å². The summed E-state index contributed by atoms with van der Waals surface area (Å²) in [5.41, 5.74) is 7.53. The number of nitrogens with zero attached hydrogens (tertiary/aromatic N) is 2. The van der Waals surface area contributed by atoms with E-state index in [1.54, 1.807) is 0 Å². The van der Waals surface area contributed by atoms with Crippen LogP contribution >= 0.6 is 0 Å². The summed E-state index contributed by atoms with van der Waals surface area (Å²) in [5, 5.41) is 0. The fourth-order valence-corrected chi connectivity index (χ4v) is 3.88. The van der Waals surface area contributed by atoms with Crippen LogP contribution in [-0.4, -0.2) is 23.0 Å². The van der Waals surface area contributed by atoms with Crippen LogP contribution in [-0.2, 0) is 0 Å². The third kappa shape index (κ3) is 2.50. The van der Waals surface area contributed by atoms with Crippen molar-refractivity contribution in [2.45, 2.75) is 12.5 Å². The van der Waals surface area contributed by atoms with E-state index in [1.165, 1.54) is 34.2 Å². The van der Waals surface area contributed by atoms with Crippen molar-refractivity contribution in [1.82, 2.24) is 9.88 Å². The van der Waals surface area contributed by atoms with E-state index < -0.39 is 0 Å². The molecule has 0 amide bonds. The van der Waals surface area contributed by atoms with E-state index in [2.05, 4.69) is 77.7 Å². The second-order valence-electron chi connectivity index (χ2n) is 6.82. The quantitative estimate of drug-likeness (QED) is 0.657. The van der Waals surface area contributed by atoms with Crippen LogP contribution in [0, 0.1) is 0 Å². The van der Waals surface area contributed by atoms with Crippen LogP contribution in [0.25, 0.3) is 23.3 Å². The van der Waals surface area contributed by atoms with Crippen molar-refractivity contribution in [3.8, 4) is 11.1 Å². The molecule has 1 aliphatic carbocycles. The molecule has 0 saturated carbocycles. The van der Waals surface area contributed by atoms with E-state index in [0.717, 1.165) is 18.8 Å². The molecule has 0 N–H and O–H groups in total. The lowest BCUT2D eigenvalue weighted by Crippen LogP contribution is -2.41. The van der Waals surface area contributed by atoms with E-state index in [4.69, 9.17) is 4.98 Å². The Kier molecular flexibility index (Phi) is 3.50. The molecule has 2 nitrogen and oxygen atoms in total. The van der Waals surface area contributed by atoms with Gasteiger partial charge in [-0.2, -0.15) is 0 Å². The maximum atomic E-state index is 4.82. The topological polar surface area (TPSA) is 16.1 Å². The largest absolute Gasteiger partial charge is 0.292 e. The van der Waals surface area contributed by atoms with Gasteiger partial charge in [0.25, 0.3) is 0 Å². The first kappa shape index (κ1) is 14.6. The smallest absolute Gasteiger partial charge is 0.0681 e. The molecule has 1 aliphatic heterocycles. The molecule has 2 aliphatic rings. The van der Waals surface area contributed by atoms with Crippen LogP contribution in [0.4, 0.5) is 0 Å². The van der Waals surface area contributed by atoms with Gasteiger partial charge in [0, 0.05) is 30.4 Å². The number of hydrogen-bond donors (Lipinski definition) is 0. The zero-order chi connectivity index (χ0) is 16.6. The zero-order valence-corrected chi connectivity index (χ0v) is 14.1. The molecule has 1 saturated heterocycles. The molecule has 0 bridgehead atoms. The summed E-state index contributed by atoms with van der Waals surface area (Å²) in [7, 11) is 0. The molecule has 1 aromatic heterocycles. The van der Waals surface area contributed by atoms with Crippen molar-refractivity contribution >= 4 is 12.2 Å². The Balaban J connectivity index is 1.70. The summed E-state index contributed by atoms with van der Waals surface area (Å²) in [4.78, 5) is 7.39. The Labute approximate surface area is 148 Å². The minimum absolute atomic E-state index is 0.297. The first-order chi connectivity index (χ1) is 12.4. The van der Waals surface area contributed by atoms with Gasteiger partial charge in [0.1, 0.15) is 0 Å². The predicted molar refractivity (Wildman–Crippen MR) is 103 cm³/mol. The molecule has 122 valence electrons. The van der Waals surface area contributed by atoms with Crippen LogP contribution in [0.1, 0.15) is 34.8 Å². The standard InChI is InChI=1S/C23H20N2/c1-2-7-17(8-3-1)19-15-21-22(24-16-19)12-11-18-9-4-5-10-20(18)23(21)25-13-6-14-25/h1-5,7-12,15-16,23H,6,13-14H2. The summed E-state index contributed by atoms with van der Waals surface area (Å²) in [6, 6.07) is 21.9. The molecule has 1 unspecified atom stereocenters. The van der Waals surface area contributed by atoms with Crippen LogP contribution < -0.4 is 0 Å². The summed E-state index contributed by atoms with van der Waals surface area (Å²) in [5.74, 6) is 0. The summed E-state index contributed by atoms with van der Waals surface area (Å²) >= 11 is 0. The van der Waals surface area contributed by atoms with E-state index >= 15 is 0 Å². The highest BCUT2D eigenvalue weighted by molar-refractivity contribution is 5.76. The zero-order valence-electron chi connectivity index (χ0n) is 14.1. The monoisotopic (exact) mass is 324 g/mol. The SMILES string of the molecule is C1=Cc2ncc(-c3ccccc3)cc2C(N2CCC2)c2ccccc21. The lowest BCUT2D eigenvalue weighted by Gasteiger charge is -2.39. The fraction of sp³-hybridized carbons (Fsp3) is 0.174. The number of likely N-dealkylation sites (tertiary alicyclic amines) is 1. The number of aromatic nitrogens is 1. The van der Waals surface area contributed by atoms with Crippen LogP contribution in [0.2, 0.25) is 0 Å². The van der Waals surface area contributed by atoms with Gasteiger partial charge in [0.15, 0.2) is 0 Å². The summed E-state index contributed by atoms with van der Waals surface area (Å²) in [6.45, 7) is 2.32. The molecule has 3 aromatic rings. The maximum Gasteiger partial charge on any atom is 0.0681 e. The number of benzene rings is 2. The third-order valence-electron chi connectivity index (χ3n) is 5.32. The highest BCUT2D eigenvalue weighted by Gasteiger charge is 2.31. The van der Waals surface area contributed by atoms with E-state index in [1.807, 2.05) is 6.20 Å². The Hall–Kier alpha value is -2.71. The van der Waals surface area contributed by atoms with Gasteiger partial charge < -0.3 is 0 Å². The van der Waals surface area contributed by atoms with Gasteiger partial charge in [-0.3, -0.25) is 9.88 Å². The minimum Gasteiger partial charge on any atom is -0.292 e. The second kappa shape index (κ2) is 5.98. The van der Waals surface area contributed by atoms with Gasteiger partial charge in [-0.25, -0.2) is 0 Å². The molecular weight excluding hydrogens is 304 g/mol. The Bertz CT molecular complexity index is 939. The van der Waals surface area contributed by atoms with Crippen LogP contribution in [0.15, 0.2) is 66.9 Å². The molecule has 0 spiro atoms. The van der Waals surface area contributed by atoms with Gasteiger partial charge in [-0.15, -0.1) is 0 Å². The van der Waals surface area contributed by atoms with Crippen molar-refractivity contribution < 1.29 is 0 Å². The lowest BCUT2D eigenvalue weighted by atomic mass is 9.91. The molecule has 5 rings (SSSR count). The number of hydrogen-bond acceptors (Lipinski definition) is 2. The molecule has 2 heteroatoms. The average Bonchev–Trinajstić information content (AvgIpc) is 2.79. The Morgan fingerprint density at radius 3 is 2.40 bits per heavy atom. The molecule has 0 radical (unpaired) electrons. The van der Waals surface area contributed by atoms with Crippen LogP contribution in [0.5, 0.6) is 0 Å². The highest BCUT2D eigenvalue weighted by atomic mass is 15.2. The maximum absolute atomic E-state index is 4.82. The van der Waals surface area contributed by atoms with Gasteiger partial charge in [-0.05, 0) is 35.3 Å². The summed E-state index contributed by atoms with van der Waals surface area (Å²) < 4.78 is 0. The van der Waals surface area contributed by atoms with Crippen molar-refractivity contribution in [1.29, 1.82) is 0 Å². The molecule has 1 atom stereocenters. The van der Waals surface area contributed by atoms with Crippen molar-refractivity contribution in [2.24, 2.45) is 0 Å². The first-order valence-corrected chi connectivity index (χ1v) is 8.96. The fourth-order valence-electron chi connectivity index (χ4n) is 3.88. The van der Waals surface area contributed by atoms with Crippen LogP contribution in [0.3, 0.4) is 0 Å². The molecule has 1 fully saturated rings. The van der Waals surface area contributed by atoms with Gasteiger partial charge in [0.2, 0.25) is 0 Å². The van der Waals surface area contributed by atoms with Crippen molar-refractivity contribution in [3.05, 3.63) is 89.2 Å². The molecule has 2 heterocycles. The Morgan fingerprint density at radius 1 is 0.800 bits per heavy atom. The van der Waals surface area contributed by atoms with E-state index in [9.17, 15) is 0 Å². The number of fused-ring (bicyclic) bond motifs is 2. The molecular formula is C23H20N2. The van der Waals surface area contributed by atoms with Gasteiger partial charge >= 0.3 is 0 Å². The third-order valence-corrected chi connectivity index (χ3v) is 5.32. The van der Waals surface area contributed by atoms with Gasteiger partial charge in [-0.1, -0.05) is 60.7 Å². The van der Waals surface area contributed by atoms with Crippen molar-refractivity contribution in [2.75, 3.05) is 13.1 Å². The predicted octanol–water partition coefficient (Wildman–Crippen LogP) is 5.03. The van der Waals surface area contributed by atoms with Crippen molar-refractivity contribution in [3.63, 3.8) is 0 Å². The normalized spacial score (nSPS) is 18.8. The second-order valence-corrected chi connectivity index (χ2v) is 6.82. The Morgan fingerprint density at radius 2 is 1.60 bits per heavy atom. The number of pyridine rings is 1. The average molecular weight is 324 g/mol. The first-order valence-electron chi connectivity index (χ1n) is 8.96. The lowest BCUT2D eigenvalue weighted by molar-refractivity contribution is 0.140. The summed E-state index contributed by atoms with van der Waals surface area (Å²) in [6.07, 6.45) is 7.67. The highest BCUT2D eigenvalue weighted by Crippen LogP contribution is 2.39. The van der Waals surface area contributed by atoms with E-state index in [0.29, 0.717) is 6.04 Å². The molecule has 2 aromatic carbocycles. The van der Waals surface area contributed by atoms with Gasteiger partial charge in [0.05, 0.1) is 11.7 Å². The number of rotatable bonds is 2.